The van der Waals surface area contributed by atoms with Crippen LogP contribution in [0, 0.1) is 5.92 Å². The normalized spacial score (nSPS) is 21.6. The van der Waals surface area contributed by atoms with Gasteiger partial charge >= 0.3 is 17.9 Å². The molecule has 204 valence electrons. The number of benzene rings is 1. The molecule has 0 spiro atoms. The van der Waals surface area contributed by atoms with E-state index >= 15 is 0 Å². The highest BCUT2D eigenvalue weighted by Crippen LogP contribution is 2.27. The van der Waals surface area contributed by atoms with Gasteiger partial charge in [-0.2, -0.15) is 4.48 Å². The van der Waals surface area contributed by atoms with Gasteiger partial charge in [-0.1, -0.05) is 25.4 Å². The van der Waals surface area contributed by atoms with Crippen molar-refractivity contribution in [2.24, 2.45) is 5.92 Å². The van der Waals surface area contributed by atoms with E-state index in [1.807, 2.05) is 13.8 Å². The highest BCUT2D eigenvalue weighted by molar-refractivity contribution is 6.34. The minimum absolute atomic E-state index is 0.0270. The predicted octanol–water partition coefficient (Wildman–Crippen LogP) is 3.41. The van der Waals surface area contributed by atoms with Crippen LogP contribution in [-0.2, 0) is 19.1 Å². The maximum atomic E-state index is 13.9. The van der Waals surface area contributed by atoms with E-state index < -0.39 is 46.7 Å². The van der Waals surface area contributed by atoms with Gasteiger partial charge in [0.05, 0.1) is 36.2 Å². The molecule has 2 N–H and O–H groups in total. The van der Waals surface area contributed by atoms with Crippen molar-refractivity contribution in [1.29, 1.82) is 0 Å². The van der Waals surface area contributed by atoms with Crippen LogP contribution in [0.15, 0.2) is 18.2 Å². The number of likely N-dealkylation sites (tertiary alicyclic amines) is 1. The Morgan fingerprint density at radius 2 is 1.84 bits per heavy atom. The number of cyclic esters (lactones) is 1. The number of nitrogens with one attached hydrogen (secondary N) is 2. The van der Waals surface area contributed by atoms with Crippen LogP contribution in [0.25, 0.3) is 0 Å². The average Bonchev–Trinajstić information content (AvgIpc) is 3.44. The van der Waals surface area contributed by atoms with Crippen LogP contribution >= 0.6 is 11.6 Å². The number of nitrogens with zero attached hydrogens (tertiary/aromatic N) is 1. The Hall–Kier alpha value is -2.69. The molecule has 11 heteroatoms. The second-order valence-corrected chi connectivity index (χ2v) is 10.4. The zero-order valence-corrected chi connectivity index (χ0v) is 22.8. The van der Waals surface area contributed by atoms with Crippen molar-refractivity contribution in [2.75, 3.05) is 19.7 Å². The summed E-state index contributed by atoms with van der Waals surface area (Å²) in [5.74, 6) is -1.19. The van der Waals surface area contributed by atoms with E-state index in [1.165, 1.54) is 0 Å². The summed E-state index contributed by atoms with van der Waals surface area (Å²) in [5, 5.41) is 5.71. The summed E-state index contributed by atoms with van der Waals surface area (Å²) in [4.78, 5) is 52.4. The van der Waals surface area contributed by atoms with Crippen LogP contribution in [0.1, 0.15) is 64.2 Å². The molecule has 3 rings (SSSR count). The molecule has 2 saturated heterocycles. The lowest BCUT2D eigenvalue weighted by Crippen LogP contribution is -2.67. The number of hydrogen-bond donors (Lipinski definition) is 2. The molecule has 1 aromatic rings. The van der Waals surface area contributed by atoms with Crippen molar-refractivity contribution in [3.8, 4) is 5.75 Å². The van der Waals surface area contributed by atoms with Crippen molar-refractivity contribution in [2.45, 2.75) is 78.4 Å². The van der Waals surface area contributed by atoms with Gasteiger partial charge in [-0.15, -0.1) is 0 Å². The number of halogens is 1. The molecule has 2 aliphatic rings. The van der Waals surface area contributed by atoms with Crippen LogP contribution in [0.4, 0.5) is 4.79 Å². The fourth-order valence-electron chi connectivity index (χ4n) is 4.69. The zero-order chi connectivity index (χ0) is 27.3. The number of urea groups is 1. The molecule has 0 unspecified atom stereocenters. The third-order valence-electron chi connectivity index (χ3n) is 6.53. The van der Waals surface area contributed by atoms with Gasteiger partial charge in [0.1, 0.15) is 17.9 Å². The first kappa shape index (κ1) is 28.9. The van der Waals surface area contributed by atoms with Gasteiger partial charge in [0.25, 0.3) is 5.91 Å². The Kier molecular flexibility index (Phi) is 9.55. The number of esters is 1. The molecular formula is C26H37ClN3O7+. The van der Waals surface area contributed by atoms with Crippen LogP contribution in [0.5, 0.6) is 5.75 Å². The topological polar surface area (TPSA) is 120 Å². The summed E-state index contributed by atoms with van der Waals surface area (Å²) in [6.07, 6.45) is -0.285. The first-order valence-electron chi connectivity index (χ1n) is 12.8. The third-order valence-corrected chi connectivity index (χ3v) is 6.84. The van der Waals surface area contributed by atoms with Gasteiger partial charge < -0.3 is 19.5 Å². The Labute approximate surface area is 222 Å². The summed E-state index contributed by atoms with van der Waals surface area (Å²) in [6, 6.07) is 3.23. The first-order valence-corrected chi connectivity index (χ1v) is 13.2. The molecule has 0 aliphatic carbocycles. The number of quaternary nitrogens is 1. The van der Waals surface area contributed by atoms with Crippen molar-refractivity contribution in [3.05, 3.63) is 28.8 Å². The lowest BCUT2D eigenvalue weighted by Gasteiger charge is -2.34. The summed E-state index contributed by atoms with van der Waals surface area (Å²) < 4.78 is 15.9. The van der Waals surface area contributed by atoms with E-state index in [2.05, 4.69) is 10.6 Å². The molecule has 2 aliphatic heterocycles. The fraction of sp³-hybridized carbons (Fsp3) is 0.615. The Morgan fingerprint density at radius 1 is 1.16 bits per heavy atom. The second kappa shape index (κ2) is 12.2. The maximum Gasteiger partial charge on any atom is 0.427 e. The average molecular weight is 539 g/mol. The zero-order valence-electron chi connectivity index (χ0n) is 22.0. The SMILES string of the molecule is CCO[C@H]1CC(=O)O[C@H]1NC(=O)[N+]1(C(=O)[C@@H](NC(=O)c2ccc(OC(C)C)cc2Cl)C(C)C)CCCC1. The first-order chi connectivity index (χ1) is 17.5. The predicted molar refractivity (Wildman–Crippen MR) is 136 cm³/mol. The van der Waals surface area contributed by atoms with Crippen LogP contribution in [0.2, 0.25) is 5.02 Å². The molecule has 3 atom stereocenters. The fourth-order valence-corrected chi connectivity index (χ4v) is 4.94. The molecule has 10 nitrogen and oxygen atoms in total. The number of rotatable bonds is 9. The summed E-state index contributed by atoms with van der Waals surface area (Å²) in [6.45, 7) is 10.1. The van der Waals surface area contributed by atoms with E-state index in [1.54, 1.807) is 39.0 Å². The number of carbonyl (C=O) groups is 4. The molecule has 0 radical (unpaired) electrons. The molecule has 1 aromatic carbocycles. The number of ether oxygens (including phenoxy) is 3. The lowest BCUT2D eigenvalue weighted by molar-refractivity contribution is -0.761. The third kappa shape index (κ3) is 6.61. The molecule has 37 heavy (non-hydrogen) atoms. The van der Waals surface area contributed by atoms with Gasteiger partial charge in [0.15, 0.2) is 0 Å². The highest BCUT2D eigenvalue weighted by Gasteiger charge is 2.53. The summed E-state index contributed by atoms with van der Waals surface area (Å²) in [5.41, 5.74) is 0.200. The molecule has 0 saturated carbocycles. The van der Waals surface area contributed by atoms with Gasteiger partial charge in [0, 0.05) is 19.4 Å². The number of hydrogen-bond acceptors (Lipinski definition) is 7. The quantitative estimate of drug-likeness (QED) is 0.365. The minimum atomic E-state index is -0.971. The van der Waals surface area contributed by atoms with E-state index in [4.69, 9.17) is 25.8 Å². The van der Waals surface area contributed by atoms with E-state index in [9.17, 15) is 19.2 Å². The molecule has 0 aromatic heterocycles. The second-order valence-electron chi connectivity index (χ2n) is 10.0. The van der Waals surface area contributed by atoms with Crippen LogP contribution in [-0.4, -0.2) is 72.5 Å². The van der Waals surface area contributed by atoms with Crippen molar-refractivity contribution >= 4 is 35.4 Å². The smallest absolute Gasteiger partial charge is 0.427 e. The summed E-state index contributed by atoms with van der Waals surface area (Å²) >= 11 is 6.35. The van der Waals surface area contributed by atoms with Crippen molar-refractivity contribution in [3.63, 3.8) is 0 Å². The largest absolute Gasteiger partial charge is 0.491 e. The maximum absolute atomic E-state index is 13.9. The van der Waals surface area contributed by atoms with E-state index in [0.717, 1.165) is 0 Å². The number of carbonyl (C=O) groups excluding carboxylic acids is 4. The Bertz CT molecular complexity index is 1020. The van der Waals surface area contributed by atoms with E-state index in [-0.39, 0.29) is 42.1 Å². The van der Waals surface area contributed by atoms with Gasteiger partial charge in [-0.05, 0) is 44.9 Å². The van der Waals surface area contributed by atoms with Crippen molar-refractivity contribution in [1.82, 2.24) is 10.6 Å². The van der Waals surface area contributed by atoms with Crippen molar-refractivity contribution < 1.29 is 37.9 Å². The minimum Gasteiger partial charge on any atom is -0.491 e. The van der Waals surface area contributed by atoms with Gasteiger partial charge in [-0.3, -0.25) is 14.9 Å². The monoisotopic (exact) mass is 538 g/mol. The Morgan fingerprint density at radius 3 is 2.41 bits per heavy atom. The molecular weight excluding hydrogens is 502 g/mol. The van der Waals surface area contributed by atoms with Gasteiger partial charge in [0.2, 0.25) is 6.23 Å². The standard InChI is InChI=1S/C26H36ClN3O7/c1-6-35-20-14-21(31)37-24(20)29-26(34)30(11-7-8-12-30)25(33)22(15(2)3)28-23(32)18-10-9-17(13-19(18)27)36-16(4)5/h9-10,13,15-16,20,22,24H,6-8,11-12,14H2,1-5H3,(H-,28,29,32,34)/p+1/t20-,22-,24+/m0/s1. The molecule has 2 heterocycles. The summed E-state index contributed by atoms with van der Waals surface area (Å²) in [7, 11) is 0. The Balaban J connectivity index is 1.80. The highest BCUT2D eigenvalue weighted by atomic mass is 35.5. The number of amides is 4. The number of imide groups is 1. The lowest BCUT2D eigenvalue weighted by atomic mass is 10.0. The molecule has 2 fully saturated rings. The van der Waals surface area contributed by atoms with E-state index in [0.29, 0.717) is 25.2 Å². The molecule has 0 bridgehead atoms. The van der Waals surface area contributed by atoms with Crippen LogP contribution < -0.4 is 15.4 Å². The van der Waals surface area contributed by atoms with Gasteiger partial charge in [-0.25, -0.2) is 9.59 Å². The van der Waals surface area contributed by atoms with Crippen LogP contribution in [0.3, 0.4) is 0 Å². The molecule has 4 amide bonds.